The summed E-state index contributed by atoms with van der Waals surface area (Å²) in [5, 5.41) is 0. The fraction of sp³-hybridized carbons (Fsp3) is 0.640. The zero-order valence-electron chi connectivity index (χ0n) is 52.5. The van der Waals surface area contributed by atoms with Crippen LogP contribution in [0.1, 0.15) is 290 Å². The van der Waals surface area contributed by atoms with Gasteiger partial charge in [0.1, 0.15) is 13.2 Å². The number of hydrogen-bond donors (Lipinski definition) is 0. The maximum absolute atomic E-state index is 12.9. The Balaban J connectivity index is 4.37. The number of carbonyl (C=O) groups is 3. The van der Waals surface area contributed by atoms with Gasteiger partial charge in [-0.25, -0.2) is 0 Å². The zero-order chi connectivity index (χ0) is 58.5. The summed E-state index contributed by atoms with van der Waals surface area (Å²) in [7, 11) is 0. The number of carbonyl (C=O) groups excluding carboxylic acids is 3. The van der Waals surface area contributed by atoms with E-state index >= 15 is 0 Å². The fourth-order valence-electron chi connectivity index (χ4n) is 8.89. The van der Waals surface area contributed by atoms with Gasteiger partial charge in [0.15, 0.2) is 6.10 Å². The summed E-state index contributed by atoms with van der Waals surface area (Å²) in [6, 6.07) is 0. The summed E-state index contributed by atoms with van der Waals surface area (Å²) >= 11 is 0. The highest BCUT2D eigenvalue weighted by Crippen LogP contribution is 2.16. The molecule has 0 aromatic carbocycles. The minimum atomic E-state index is -0.805. The van der Waals surface area contributed by atoms with E-state index < -0.39 is 6.10 Å². The van der Waals surface area contributed by atoms with Crippen LogP contribution in [0.2, 0.25) is 0 Å². The minimum Gasteiger partial charge on any atom is -0.462 e. The second-order valence-electron chi connectivity index (χ2n) is 21.6. The molecule has 0 rings (SSSR count). The van der Waals surface area contributed by atoms with Gasteiger partial charge < -0.3 is 14.2 Å². The second-order valence-corrected chi connectivity index (χ2v) is 21.6. The van der Waals surface area contributed by atoms with Gasteiger partial charge in [0.05, 0.1) is 0 Å². The Morgan fingerprint density at radius 3 is 0.753 bits per heavy atom. The number of allylic oxidation sites excluding steroid dienone is 24. The third kappa shape index (κ3) is 66.0. The molecule has 0 aliphatic heterocycles. The first-order valence-corrected chi connectivity index (χ1v) is 33.3. The Kier molecular flexibility index (Phi) is 63.9. The monoisotopic (exact) mass is 1120 g/mol. The van der Waals surface area contributed by atoms with E-state index in [1.165, 1.54) is 83.5 Å². The zero-order valence-corrected chi connectivity index (χ0v) is 52.5. The quantitative estimate of drug-likeness (QED) is 0.0261. The molecule has 0 saturated carbocycles. The van der Waals surface area contributed by atoms with E-state index in [2.05, 4.69) is 167 Å². The molecule has 0 aromatic heterocycles. The van der Waals surface area contributed by atoms with Crippen molar-refractivity contribution >= 4 is 17.9 Å². The summed E-state index contributed by atoms with van der Waals surface area (Å²) in [4.78, 5) is 38.4. The van der Waals surface area contributed by atoms with Gasteiger partial charge in [0, 0.05) is 19.3 Å². The van der Waals surface area contributed by atoms with Gasteiger partial charge in [-0.15, -0.1) is 0 Å². The van der Waals surface area contributed by atoms with Crippen molar-refractivity contribution in [3.63, 3.8) is 0 Å². The van der Waals surface area contributed by atoms with Gasteiger partial charge in [-0.1, -0.05) is 282 Å². The molecule has 458 valence electrons. The van der Waals surface area contributed by atoms with Crippen LogP contribution in [0.25, 0.3) is 0 Å². The van der Waals surface area contributed by atoms with Crippen LogP contribution in [0.15, 0.2) is 146 Å². The van der Waals surface area contributed by atoms with Crippen LogP contribution in [0, 0.1) is 0 Å². The lowest BCUT2D eigenvalue weighted by Crippen LogP contribution is -2.30. The average Bonchev–Trinajstić information content (AvgIpc) is 3.46. The van der Waals surface area contributed by atoms with Gasteiger partial charge >= 0.3 is 17.9 Å². The highest BCUT2D eigenvalue weighted by molar-refractivity contribution is 5.71. The molecule has 1 unspecified atom stereocenters. The first-order chi connectivity index (χ1) is 40.0. The van der Waals surface area contributed by atoms with Crippen LogP contribution >= 0.6 is 0 Å². The van der Waals surface area contributed by atoms with E-state index in [0.29, 0.717) is 19.3 Å². The van der Waals surface area contributed by atoms with Gasteiger partial charge in [0.2, 0.25) is 0 Å². The van der Waals surface area contributed by atoms with E-state index in [4.69, 9.17) is 14.2 Å². The van der Waals surface area contributed by atoms with Crippen molar-refractivity contribution in [1.82, 2.24) is 0 Å². The summed E-state index contributed by atoms with van der Waals surface area (Å²) in [5.41, 5.74) is 0. The van der Waals surface area contributed by atoms with Crippen molar-refractivity contribution in [3.05, 3.63) is 146 Å². The summed E-state index contributed by atoms with van der Waals surface area (Å²) < 4.78 is 16.9. The number of esters is 3. The highest BCUT2D eigenvalue weighted by atomic mass is 16.6. The largest absolute Gasteiger partial charge is 0.462 e. The molecule has 1 atom stereocenters. The van der Waals surface area contributed by atoms with Crippen LogP contribution in [0.5, 0.6) is 0 Å². The average molecular weight is 1120 g/mol. The molecule has 0 heterocycles. The number of ether oxygens (including phenoxy) is 3. The molecule has 0 bridgehead atoms. The topological polar surface area (TPSA) is 78.9 Å². The van der Waals surface area contributed by atoms with E-state index in [1.807, 2.05) is 0 Å². The molecule has 0 spiro atoms. The molecule has 0 N–H and O–H groups in total. The van der Waals surface area contributed by atoms with Crippen LogP contribution < -0.4 is 0 Å². The first kappa shape index (κ1) is 76.3. The molecular formula is C75H122O6. The normalized spacial score (nSPS) is 13.1. The second kappa shape index (κ2) is 67.8. The highest BCUT2D eigenvalue weighted by Gasteiger charge is 2.19. The Bertz CT molecular complexity index is 1760. The Morgan fingerprint density at radius 1 is 0.259 bits per heavy atom. The Hall–Kier alpha value is -4.71. The lowest BCUT2D eigenvalue weighted by atomic mass is 10.0. The van der Waals surface area contributed by atoms with E-state index in [0.717, 1.165) is 167 Å². The first-order valence-electron chi connectivity index (χ1n) is 33.3. The molecule has 0 aliphatic carbocycles. The lowest BCUT2D eigenvalue weighted by molar-refractivity contribution is -0.167. The Morgan fingerprint density at radius 2 is 0.481 bits per heavy atom. The minimum absolute atomic E-state index is 0.0973. The van der Waals surface area contributed by atoms with Crippen molar-refractivity contribution in [3.8, 4) is 0 Å². The molecule has 0 radical (unpaired) electrons. The predicted octanol–water partition coefficient (Wildman–Crippen LogP) is 23.1. The molecule has 0 saturated heterocycles. The third-order valence-electron chi connectivity index (χ3n) is 13.8. The molecule has 0 aromatic rings. The van der Waals surface area contributed by atoms with Crippen LogP contribution in [-0.4, -0.2) is 37.2 Å². The fourth-order valence-corrected chi connectivity index (χ4v) is 8.89. The molecule has 81 heavy (non-hydrogen) atoms. The summed E-state index contributed by atoms with van der Waals surface area (Å²) in [6.45, 7) is 6.33. The standard InChI is InChI=1S/C75H122O6/c1-4-7-10-13-16-19-22-25-27-29-31-33-35-36-37-38-40-41-43-45-47-50-53-56-59-62-65-68-74(77)80-71-72(70-79-73(76)67-64-61-58-55-52-49-24-21-18-15-12-9-6-3)81-75(78)69-66-63-60-57-54-51-48-46-44-42-39-34-32-30-28-26-23-20-17-14-11-8-5-2/h7-8,10-12,15-17,19-21,24-28,31-34,42,44,48,51,72H,4-6,9,13-14,18,22-23,29-30,35-41,43,45-47,49-50,52-71H2,1-3H3/b10-7-,11-8-,15-12-,19-16-,20-17-,24-21-,27-25-,28-26-,33-31-,34-32-,44-42-,51-48-. The van der Waals surface area contributed by atoms with Crippen molar-refractivity contribution in [2.75, 3.05) is 13.2 Å². The molecule has 0 fully saturated rings. The molecular weight excluding hydrogens is 997 g/mol. The maximum Gasteiger partial charge on any atom is 0.306 e. The van der Waals surface area contributed by atoms with Crippen LogP contribution in [-0.2, 0) is 28.6 Å². The van der Waals surface area contributed by atoms with Crippen molar-refractivity contribution in [2.45, 2.75) is 297 Å². The SMILES string of the molecule is CC/C=C\C/C=C\C/C=C\C/C=C\C/C=C\C/C=C\CCCCCCC(=O)OC(COC(=O)CCCCCCC/C=C\C/C=C\CCC)COC(=O)CCCCCCCCCCCCCCCC/C=C\C/C=C\C/C=C\C/C=C\CC. The number of rotatable bonds is 59. The van der Waals surface area contributed by atoms with Crippen molar-refractivity contribution in [2.24, 2.45) is 0 Å². The maximum atomic E-state index is 12.9. The Labute approximate surface area is 499 Å². The smallest absolute Gasteiger partial charge is 0.306 e. The van der Waals surface area contributed by atoms with E-state index in [1.54, 1.807) is 0 Å². The van der Waals surface area contributed by atoms with Crippen LogP contribution in [0.3, 0.4) is 0 Å². The molecule has 6 heteroatoms. The molecule has 0 aliphatic rings. The van der Waals surface area contributed by atoms with E-state index in [-0.39, 0.29) is 31.1 Å². The molecule has 0 amide bonds. The van der Waals surface area contributed by atoms with Crippen LogP contribution in [0.4, 0.5) is 0 Å². The summed E-state index contributed by atoms with van der Waals surface area (Å²) in [6.07, 6.45) is 97.2. The summed E-state index contributed by atoms with van der Waals surface area (Å²) in [5.74, 6) is -0.935. The van der Waals surface area contributed by atoms with Crippen molar-refractivity contribution in [1.29, 1.82) is 0 Å². The van der Waals surface area contributed by atoms with Gasteiger partial charge in [-0.2, -0.15) is 0 Å². The third-order valence-corrected chi connectivity index (χ3v) is 13.8. The van der Waals surface area contributed by atoms with E-state index in [9.17, 15) is 14.4 Å². The number of unbranched alkanes of at least 4 members (excludes halogenated alkanes) is 24. The van der Waals surface area contributed by atoms with Gasteiger partial charge in [-0.05, 0) is 135 Å². The van der Waals surface area contributed by atoms with Crippen molar-refractivity contribution < 1.29 is 28.6 Å². The van der Waals surface area contributed by atoms with Gasteiger partial charge in [-0.3, -0.25) is 14.4 Å². The molecule has 6 nitrogen and oxygen atoms in total. The number of hydrogen-bond acceptors (Lipinski definition) is 6. The van der Waals surface area contributed by atoms with Gasteiger partial charge in [0.25, 0.3) is 0 Å². The predicted molar refractivity (Wildman–Crippen MR) is 352 cm³/mol. The lowest BCUT2D eigenvalue weighted by Gasteiger charge is -2.18.